The van der Waals surface area contributed by atoms with E-state index in [1.807, 2.05) is 30.3 Å². The molecule has 1 fully saturated rings. The summed E-state index contributed by atoms with van der Waals surface area (Å²) in [6.45, 7) is 3.24. The van der Waals surface area contributed by atoms with Gasteiger partial charge in [-0.3, -0.25) is 9.59 Å². The molecule has 1 saturated heterocycles. The van der Waals surface area contributed by atoms with E-state index in [0.717, 1.165) is 5.56 Å². The van der Waals surface area contributed by atoms with Crippen molar-refractivity contribution in [2.75, 3.05) is 31.6 Å². The van der Waals surface area contributed by atoms with Crippen molar-refractivity contribution in [3.8, 4) is 0 Å². The number of halogens is 1. The molecule has 8 nitrogen and oxygen atoms in total. The highest BCUT2D eigenvalue weighted by atomic mass is 35.5. The van der Waals surface area contributed by atoms with Crippen LogP contribution in [0, 0.1) is 5.92 Å². The maximum atomic E-state index is 13.3. The van der Waals surface area contributed by atoms with Gasteiger partial charge in [0.25, 0.3) is 0 Å². The first-order valence-corrected chi connectivity index (χ1v) is 11.7. The molecule has 0 spiro atoms. The second-order valence-corrected chi connectivity index (χ2v) is 8.39. The summed E-state index contributed by atoms with van der Waals surface area (Å²) in [5, 5.41) is 5.78. The van der Waals surface area contributed by atoms with Gasteiger partial charge in [-0.25, -0.2) is 4.79 Å². The fourth-order valence-corrected chi connectivity index (χ4v) is 3.92. The predicted molar refractivity (Wildman–Crippen MR) is 129 cm³/mol. The maximum Gasteiger partial charge on any atom is 0.320 e. The van der Waals surface area contributed by atoms with Crippen molar-refractivity contribution in [3.05, 3.63) is 65.2 Å². The Morgan fingerprint density at radius 2 is 1.74 bits per heavy atom. The molecule has 1 aliphatic heterocycles. The zero-order valence-corrected chi connectivity index (χ0v) is 19.9. The van der Waals surface area contributed by atoms with Gasteiger partial charge in [-0.2, -0.15) is 0 Å². The van der Waals surface area contributed by atoms with Gasteiger partial charge in [-0.15, -0.1) is 0 Å². The fraction of sp³-hybridized carbons (Fsp3) is 0.400. The van der Waals surface area contributed by atoms with Gasteiger partial charge in [0.1, 0.15) is 6.04 Å². The Balaban J connectivity index is 1.61. The monoisotopic (exact) mass is 487 g/mol. The van der Waals surface area contributed by atoms with Crippen molar-refractivity contribution in [2.45, 2.75) is 32.4 Å². The molecule has 1 aliphatic rings. The molecule has 0 aromatic heterocycles. The van der Waals surface area contributed by atoms with E-state index >= 15 is 0 Å². The molecule has 2 aromatic carbocycles. The standard InChI is InChI=1S/C25H30ClN3O5/c1-2-34-24(31)19-12-14-29(15-13-19)23(30)22(17-33-16-18-8-4-3-5-9-18)28-25(32)27-21-11-7-6-10-20(21)26/h3-11,19,22H,2,12-17H2,1H3,(H2,27,28,32)/t22-/m0/s1. The van der Waals surface area contributed by atoms with Gasteiger partial charge < -0.3 is 25.0 Å². The summed E-state index contributed by atoms with van der Waals surface area (Å²) in [7, 11) is 0. The minimum Gasteiger partial charge on any atom is -0.466 e. The Bertz CT molecular complexity index is 964. The molecular formula is C25H30ClN3O5. The SMILES string of the molecule is CCOC(=O)C1CCN(C(=O)[C@H](COCc2ccccc2)NC(=O)Nc2ccccc2Cl)CC1. The third-order valence-electron chi connectivity index (χ3n) is 5.55. The quantitative estimate of drug-likeness (QED) is 0.524. The maximum absolute atomic E-state index is 13.3. The van der Waals surface area contributed by atoms with Crippen LogP contribution in [-0.2, 0) is 25.7 Å². The number of nitrogens with one attached hydrogen (secondary N) is 2. The van der Waals surface area contributed by atoms with Gasteiger partial charge in [0.05, 0.1) is 36.4 Å². The van der Waals surface area contributed by atoms with E-state index in [1.54, 1.807) is 36.1 Å². The number of ether oxygens (including phenoxy) is 2. The second-order valence-electron chi connectivity index (χ2n) is 7.98. The first-order valence-electron chi connectivity index (χ1n) is 11.4. The van der Waals surface area contributed by atoms with Gasteiger partial charge in [-0.1, -0.05) is 54.1 Å². The van der Waals surface area contributed by atoms with E-state index in [2.05, 4.69) is 10.6 Å². The lowest BCUT2D eigenvalue weighted by atomic mass is 9.96. The normalized spacial score (nSPS) is 14.8. The first-order chi connectivity index (χ1) is 16.5. The van der Waals surface area contributed by atoms with Crippen LogP contribution in [0.5, 0.6) is 0 Å². The lowest BCUT2D eigenvalue weighted by molar-refractivity contribution is -0.151. The number of urea groups is 1. The third kappa shape index (κ3) is 7.46. The number of anilines is 1. The molecule has 3 amide bonds. The van der Waals surface area contributed by atoms with Crippen molar-refractivity contribution >= 4 is 35.2 Å². The van der Waals surface area contributed by atoms with E-state index in [1.165, 1.54) is 0 Å². The number of para-hydroxylation sites is 1. The molecule has 0 saturated carbocycles. The van der Waals surface area contributed by atoms with Gasteiger partial charge in [-0.05, 0) is 37.5 Å². The third-order valence-corrected chi connectivity index (χ3v) is 5.88. The van der Waals surface area contributed by atoms with Crippen LogP contribution in [0.1, 0.15) is 25.3 Å². The highest BCUT2D eigenvalue weighted by molar-refractivity contribution is 6.33. The van der Waals surface area contributed by atoms with Gasteiger partial charge in [0, 0.05) is 13.1 Å². The summed E-state index contributed by atoms with van der Waals surface area (Å²) >= 11 is 6.12. The molecule has 2 aromatic rings. The van der Waals surface area contributed by atoms with Crippen LogP contribution in [0.25, 0.3) is 0 Å². The van der Waals surface area contributed by atoms with E-state index in [-0.39, 0.29) is 24.4 Å². The Kier molecular flexibility index (Phi) is 9.73. The molecular weight excluding hydrogens is 458 g/mol. The molecule has 182 valence electrons. The number of esters is 1. The largest absolute Gasteiger partial charge is 0.466 e. The zero-order valence-electron chi connectivity index (χ0n) is 19.2. The topological polar surface area (TPSA) is 97.0 Å². The highest BCUT2D eigenvalue weighted by Crippen LogP contribution is 2.21. The number of piperidine rings is 1. The van der Waals surface area contributed by atoms with Crippen LogP contribution < -0.4 is 10.6 Å². The van der Waals surface area contributed by atoms with Crippen molar-refractivity contribution in [2.24, 2.45) is 5.92 Å². The molecule has 34 heavy (non-hydrogen) atoms. The van der Waals surface area contributed by atoms with Crippen LogP contribution in [0.2, 0.25) is 5.02 Å². The molecule has 1 atom stereocenters. The van der Waals surface area contributed by atoms with Crippen molar-refractivity contribution < 1.29 is 23.9 Å². The first kappa shape index (κ1) is 25.5. The number of benzene rings is 2. The smallest absolute Gasteiger partial charge is 0.320 e. The summed E-state index contributed by atoms with van der Waals surface area (Å²) in [6, 6.07) is 15.0. The highest BCUT2D eigenvalue weighted by Gasteiger charge is 2.32. The Labute approximate surface area is 204 Å². The van der Waals surface area contributed by atoms with Gasteiger partial charge in [0.2, 0.25) is 5.91 Å². The van der Waals surface area contributed by atoms with Crippen LogP contribution in [0.4, 0.5) is 10.5 Å². The van der Waals surface area contributed by atoms with E-state index in [9.17, 15) is 14.4 Å². The molecule has 3 rings (SSSR count). The minimum atomic E-state index is -0.898. The van der Waals surface area contributed by atoms with Crippen LogP contribution in [0.3, 0.4) is 0 Å². The Hall–Kier alpha value is -3.10. The number of amides is 3. The lowest BCUT2D eigenvalue weighted by Gasteiger charge is -2.33. The summed E-state index contributed by atoms with van der Waals surface area (Å²) in [4.78, 5) is 39.6. The lowest BCUT2D eigenvalue weighted by Crippen LogP contribution is -2.54. The zero-order chi connectivity index (χ0) is 24.3. The average Bonchev–Trinajstić information content (AvgIpc) is 2.85. The Morgan fingerprint density at radius 3 is 2.41 bits per heavy atom. The van der Waals surface area contributed by atoms with Crippen molar-refractivity contribution in [1.29, 1.82) is 0 Å². The number of hydrogen-bond acceptors (Lipinski definition) is 5. The molecule has 2 N–H and O–H groups in total. The molecule has 0 bridgehead atoms. The minimum absolute atomic E-state index is 0.00146. The molecule has 0 radical (unpaired) electrons. The van der Waals surface area contributed by atoms with Crippen LogP contribution in [0.15, 0.2) is 54.6 Å². The second kappa shape index (κ2) is 13.0. The summed E-state index contributed by atoms with van der Waals surface area (Å²) in [5.74, 6) is -0.701. The molecule has 0 unspecified atom stereocenters. The summed E-state index contributed by atoms with van der Waals surface area (Å²) < 4.78 is 10.9. The number of hydrogen-bond donors (Lipinski definition) is 2. The number of rotatable bonds is 9. The van der Waals surface area contributed by atoms with Gasteiger partial charge >= 0.3 is 12.0 Å². The van der Waals surface area contributed by atoms with Gasteiger partial charge in [0.15, 0.2) is 0 Å². The van der Waals surface area contributed by atoms with E-state index < -0.39 is 12.1 Å². The Morgan fingerprint density at radius 1 is 1.06 bits per heavy atom. The molecule has 9 heteroatoms. The van der Waals surface area contributed by atoms with E-state index in [0.29, 0.717) is 49.9 Å². The number of nitrogens with zero attached hydrogens (tertiary/aromatic N) is 1. The van der Waals surface area contributed by atoms with Crippen molar-refractivity contribution in [3.63, 3.8) is 0 Å². The number of likely N-dealkylation sites (tertiary alicyclic amines) is 1. The molecule has 1 heterocycles. The number of carbonyl (C=O) groups excluding carboxylic acids is 3. The van der Waals surface area contributed by atoms with Crippen molar-refractivity contribution in [1.82, 2.24) is 10.2 Å². The summed E-state index contributed by atoms with van der Waals surface area (Å²) in [5.41, 5.74) is 1.40. The van der Waals surface area contributed by atoms with Crippen LogP contribution in [-0.4, -0.2) is 55.2 Å². The summed E-state index contributed by atoms with van der Waals surface area (Å²) in [6.07, 6.45) is 1.04. The predicted octanol–water partition coefficient (Wildman–Crippen LogP) is 3.85. The van der Waals surface area contributed by atoms with E-state index in [4.69, 9.17) is 21.1 Å². The molecule has 0 aliphatic carbocycles. The van der Waals surface area contributed by atoms with Crippen LogP contribution >= 0.6 is 11.6 Å². The average molecular weight is 488 g/mol. The number of carbonyl (C=O) groups is 3. The fourth-order valence-electron chi connectivity index (χ4n) is 3.74.